The van der Waals surface area contributed by atoms with Crippen LogP contribution in [-0.4, -0.2) is 26.3 Å². The molecule has 0 bridgehead atoms. The number of carbonyl (C=O) groups excluding carboxylic acids is 1. The van der Waals surface area contributed by atoms with E-state index >= 15 is 0 Å². The molecule has 1 heterocycles. The summed E-state index contributed by atoms with van der Waals surface area (Å²) in [5, 5.41) is 19.4. The number of nitrogens with one attached hydrogen (secondary N) is 2. The maximum absolute atomic E-state index is 12.3. The fraction of sp³-hybridized carbons (Fsp3) is 0.111. The number of aromatic amines is 1. The predicted molar refractivity (Wildman–Crippen MR) is 102 cm³/mol. The van der Waals surface area contributed by atoms with Gasteiger partial charge < -0.3 is 5.32 Å². The molecule has 8 heteroatoms. The molecule has 0 spiro atoms. The van der Waals surface area contributed by atoms with Crippen molar-refractivity contribution in [2.75, 3.05) is 5.32 Å². The fourth-order valence-electron chi connectivity index (χ4n) is 2.16. The maximum atomic E-state index is 12.3. The minimum Gasteiger partial charge on any atom is -0.325 e. The first-order valence-corrected chi connectivity index (χ1v) is 8.97. The molecule has 1 atom stereocenters. The number of anilines is 1. The normalized spacial score (nSPS) is 11.6. The van der Waals surface area contributed by atoms with Crippen LogP contribution in [0.2, 0.25) is 5.02 Å². The third-order valence-electron chi connectivity index (χ3n) is 3.49. The van der Waals surface area contributed by atoms with Gasteiger partial charge in [-0.2, -0.15) is 5.26 Å². The second kappa shape index (κ2) is 8.04. The largest absolute Gasteiger partial charge is 0.325 e. The summed E-state index contributed by atoms with van der Waals surface area (Å²) in [6, 6.07) is 16.0. The Morgan fingerprint density at radius 2 is 2.08 bits per heavy atom. The Hall–Kier alpha value is -2.82. The van der Waals surface area contributed by atoms with Gasteiger partial charge in [-0.15, -0.1) is 5.10 Å². The molecule has 1 aromatic heterocycles. The van der Waals surface area contributed by atoms with Crippen LogP contribution in [0.4, 0.5) is 5.69 Å². The monoisotopic (exact) mass is 383 g/mol. The Morgan fingerprint density at radius 3 is 2.81 bits per heavy atom. The number of hydrogen-bond acceptors (Lipinski definition) is 5. The molecule has 1 unspecified atom stereocenters. The summed E-state index contributed by atoms with van der Waals surface area (Å²) in [4.78, 5) is 16.7. The lowest BCUT2D eigenvalue weighted by Crippen LogP contribution is -2.22. The van der Waals surface area contributed by atoms with Gasteiger partial charge in [0.1, 0.15) is 0 Å². The molecule has 1 amide bonds. The average molecular weight is 384 g/mol. The van der Waals surface area contributed by atoms with Gasteiger partial charge in [-0.25, -0.2) is 4.98 Å². The van der Waals surface area contributed by atoms with Gasteiger partial charge >= 0.3 is 0 Å². The average Bonchev–Trinajstić information content (AvgIpc) is 3.11. The van der Waals surface area contributed by atoms with E-state index < -0.39 is 5.25 Å². The Labute approximate surface area is 159 Å². The second-order valence-electron chi connectivity index (χ2n) is 5.42. The number of rotatable bonds is 5. The molecule has 6 nitrogen and oxygen atoms in total. The number of aromatic nitrogens is 3. The number of halogens is 1. The van der Waals surface area contributed by atoms with Crippen LogP contribution in [0.25, 0.3) is 11.4 Å². The van der Waals surface area contributed by atoms with Crippen LogP contribution in [0, 0.1) is 11.3 Å². The van der Waals surface area contributed by atoms with Gasteiger partial charge in [0.2, 0.25) is 11.1 Å². The van der Waals surface area contributed by atoms with Crippen molar-refractivity contribution in [2.24, 2.45) is 0 Å². The van der Waals surface area contributed by atoms with Crippen molar-refractivity contribution in [3.63, 3.8) is 0 Å². The van der Waals surface area contributed by atoms with Crippen LogP contribution in [0.3, 0.4) is 0 Å². The van der Waals surface area contributed by atoms with Crippen molar-refractivity contribution in [3.05, 3.63) is 59.1 Å². The highest BCUT2D eigenvalue weighted by Gasteiger charge is 2.18. The van der Waals surface area contributed by atoms with Gasteiger partial charge in [0.15, 0.2) is 5.82 Å². The molecule has 0 saturated heterocycles. The molecule has 0 radical (unpaired) electrons. The van der Waals surface area contributed by atoms with E-state index in [0.717, 1.165) is 5.56 Å². The van der Waals surface area contributed by atoms with E-state index in [1.54, 1.807) is 43.3 Å². The molecule has 2 N–H and O–H groups in total. The van der Waals surface area contributed by atoms with Crippen molar-refractivity contribution in [3.8, 4) is 17.5 Å². The smallest absolute Gasteiger partial charge is 0.237 e. The van der Waals surface area contributed by atoms with E-state index in [2.05, 4.69) is 20.5 Å². The molecule has 0 aliphatic rings. The zero-order valence-electron chi connectivity index (χ0n) is 13.7. The van der Waals surface area contributed by atoms with E-state index in [-0.39, 0.29) is 5.91 Å². The van der Waals surface area contributed by atoms with E-state index in [0.29, 0.717) is 27.3 Å². The molecule has 0 aliphatic heterocycles. The van der Waals surface area contributed by atoms with Gasteiger partial charge in [-0.05, 0) is 49.4 Å². The Kier molecular flexibility index (Phi) is 5.56. The minimum atomic E-state index is -0.408. The number of hydrogen-bond donors (Lipinski definition) is 2. The number of carbonyl (C=O) groups is 1. The Bertz CT molecular complexity index is 964. The molecule has 26 heavy (non-hydrogen) atoms. The fourth-order valence-corrected chi connectivity index (χ4v) is 3.01. The standard InChI is InChI=1S/C18H14ClN5OS/c1-11(17(25)21-15-4-2-3-12(9-15)10-20)26-18-22-16(23-24-18)13-5-7-14(19)8-6-13/h2-9,11H,1H3,(H,21,25)(H,22,23,24). The first-order chi connectivity index (χ1) is 12.5. The lowest BCUT2D eigenvalue weighted by molar-refractivity contribution is -0.115. The van der Waals surface area contributed by atoms with Gasteiger partial charge in [0.05, 0.1) is 16.9 Å². The van der Waals surface area contributed by atoms with E-state index in [4.69, 9.17) is 16.9 Å². The van der Waals surface area contributed by atoms with Gasteiger partial charge in [0.25, 0.3) is 0 Å². The molecule has 0 aliphatic carbocycles. The van der Waals surface area contributed by atoms with Crippen LogP contribution < -0.4 is 5.32 Å². The summed E-state index contributed by atoms with van der Waals surface area (Å²) in [5.41, 5.74) is 1.93. The van der Waals surface area contributed by atoms with Crippen molar-refractivity contribution in [1.29, 1.82) is 5.26 Å². The van der Waals surface area contributed by atoms with Crippen LogP contribution in [0.15, 0.2) is 53.7 Å². The third kappa shape index (κ3) is 4.42. The summed E-state index contributed by atoms with van der Waals surface area (Å²) in [5.74, 6) is 0.418. The Balaban J connectivity index is 1.64. The topological polar surface area (TPSA) is 94.5 Å². The highest BCUT2D eigenvalue weighted by atomic mass is 35.5. The van der Waals surface area contributed by atoms with Crippen molar-refractivity contribution in [1.82, 2.24) is 15.2 Å². The molecule has 3 rings (SSSR count). The van der Waals surface area contributed by atoms with E-state index in [1.165, 1.54) is 11.8 Å². The number of nitriles is 1. The Morgan fingerprint density at radius 1 is 1.31 bits per heavy atom. The summed E-state index contributed by atoms with van der Waals surface area (Å²) in [6.45, 7) is 1.77. The molecule has 130 valence electrons. The van der Waals surface area contributed by atoms with Gasteiger partial charge in [0, 0.05) is 16.3 Å². The number of H-pyrrole nitrogens is 1. The number of benzene rings is 2. The molecular weight excluding hydrogens is 370 g/mol. The molecule has 0 saturated carbocycles. The van der Waals surface area contributed by atoms with Crippen LogP contribution in [0.5, 0.6) is 0 Å². The summed E-state index contributed by atoms with van der Waals surface area (Å²) < 4.78 is 0. The van der Waals surface area contributed by atoms with Crippen LogP contribution in [0.1, 0.15) is 12.5 Å². The molecule has 0 fully saturated rings. The summed E-state index contributed by atoms with van der Waals surface area (Å²) in [7, 11) is 0. The minimum absolute atomic E-state index is 0.192. The zero-order chi connectivity index (χ0) is 18.5. The van der Waals surface area contributed by atoms with Crippen LogP contribution in [-0.2, 0) is 4.79 Å². The number of thioether (sulfide) groups is 1. The summed E-state index contributed by atoms with van der Waals surface area (Å²) >= 11 is 7.12. The number of amides is 1. The number of nitrogens with zero attached hydrogens (tertiary/aromatic N) is 3. The van der Waals surface area contributed by atoms with Gasteiger partial charge in [-0.1, -0.05) is 29.4 Å². The first kappa shape index (κ1) is 18.0. The van der Waals surface area contributed by atoms with Crippen LogP contribution >= 0.6 is 23.4 Å². The van der Waals surface area contributed by atoms with Gasteiger partial charge in [-0.3, -0.25) is 9.89 Å². The van der Waals surface area contributed by atoms with E-state index in [1.807, 2.05) is 18.2 Å². The van der Waals surface area contributed by atoms with Crippen molar-refractivity contribution >= 4 is 35.0 Å². The third-order valence-corrected chi connectivity index (χ3v) is 4.71. The predicted octanol–water partition coefficient (Wildman–Crippen LogP) is 4.12. The van der Waals surface area contributed by atoms with Crippen molar-refractivity contribution in [2.45, 2.75) is 17.3 Å². The van der Waals surface area contributed by atoms with Crippen molar-refractivity contribution < 1.29 is 4.79 Å². The quantitative estimate of drug-likeness (QED) is 0.646. The molecule has 2 aromatic carbocycles. The lowest BCUT2D eigenvalue weighted by atomic mass is 10.2. The SMILES string of the molecule is CC(Sc1n[nH]c(-c2ccc(Cl)cc2)n1)C(=O)Nc1cccc(C#N)c1. The highest BCUT2D eigenvalue weighted by Crippen LogP contribution is 2.24. The lowest BCUT2D eigenvalue weighted by Gasteiger charge is -2.10. The molecule has 3 aromatic rings. The second-order valence-corrected chi connectivity index (χ2v) is 7.16. The maximum Gasteiger partial charge on any atom is 0.237 e. The summed E-state index contributed by atoms with van der Waals surface area (Å²) in [6.07, 6.45) is 0. The molecular formula is C18H14ClN5OS. The zero-order valence-corrected chi connectivity index (χ0v) is 15.3. The first-order valence-electron chi connectivity index (χ1n) is 7.71. The van der Waals surface area contributed by atoms with E-state index in [9.17, 15) is 4.79 Å². The highest BCUT2D eigenvalue weighted by molar-refractivity contribution is 8.00.